The van der Waals surface area contributed by atoms with Crippen molar-refractivity contribution in [2.45, 2.75) is 38.6 Å². The van der Waals surface area contributed by atoms with E-state index in [0.29, 0.717) is 19.4 Å². The van der Waals surface area contributed by atoms with Gasteiger partial charge in [-0.3, -0.25) is 19.3 Å². The first kappa shape index (κ1) is 19.4. The molecule has 1 aromatic carbocycles. The number of aryl methyl sites for hydroxylation is 1. The first-order chi connectivity index (χ1) is 14.0. The zero-order valence-corrected chi connectivity index (χ0v) is 16.4. The standard InChI is InChI=1S/C22H24N2O5/c1-14(24-20(26)16-9-3-4-10-17(16)21(24)27)22(28)29-13-19(25)23-12-6-8-15-7-2-5-11-18(15)23/h2-5,7,11,14,16-17H,6,8-10,12-13H2,1H3/t14-,16-,17-/m0/s1. The Hall–Kier alpha value is -2.96. The molecular formula is C22H24N2O5. The number of allylic oxidation sites excluding steroid dienone is 2. The molecule has 7 heteroatoms. The molecule has 0 unspecified atom stereocenters. The lowest BCUT2D eigenvalue weighted by Gasteiger charge is -2.29. The highest BCUT2D eigenvalue weighted by Gasteiger charge is 2.50. The van der Waals surface area contributed by atoms with E-state index in [1.165, 1.54) is 6.92 Å². The molecule has 152 valence electrons. The first-order valence-electron chi connectivity index (χ1n) is 10.1. The van der Waals surface area contributed by atoms with Crippen LogP contribution in [0.25, 0.3) is 0 Å². The average Bonchev–Trinajstić information content (AvgIpc) is 3.01. The molecule has 4 rings (SSSR count). The molecule has 3 atom stereocenters. The van der Waals surface area contributed by atoms with Crippen molar-refractivity contribution in [1.82, 2.24) is 4.90 Å². The fraction of sp³-hybridized carbons (Fsp3) is 0.455. The molecule has 1 fully saturated rings. The van der Waals surface area contributed by atoms with E-state index < -0.39 is 30.5 Å². The van der Waals surface area contributed by atoms with Crippen LogP contribution >= 0.6 is 0 Å². The van der Waals surface area contributed by atoms with Crippen molar-refractivity contribution in [3.63, 3.8) is 0 Å². The normalized spacial score (nSPS) is 24.2. The molecule has 1 saturated heterocycles. The Kier molecular flexibility index (Phi) is 5.22. The van der Waals surface area contributed by atoms with Crippen LogP contribution in [0.4, 0.5) is 5.69 Å². The first-order valence-corrected chi connectivity index (χ1v) is 10.1. The Morgan fingerprint density at radius 3 is 2.45 bits per heavy atom. The number of amides is 3. The number of fused-ring (bicyclic) bond motifs is 2. The Labute approximate surface area is 169 Å². The summed E-state index contributed by atoms with van der Waals surface area (Å²) in [4.78, 5) is 53.0. The van der Waals surface area contributed by atoms with Gasteiger partial charge in [0.1, 0.15) is 6.04 Å². The lowest BCUT2D eigenvalue weighted by Crippen LogP contribution is -2.45. The third kappa shape index (κ3) is 3.45. The molecule has 3 aliphatic rings. The zero-order chi connectivity index (χ0) is 20.5. The topological polar surface area (TPSA) is 84.0 Å². The summed E-state index contributed by atoms with van der Waals surface area (Å²) in [7, 11) is 0. The number of carbonyl (C=O) groups is 4. The van der Waals surface area contributed by atoms with Crippen LogP contribution < -0.4 is 4.90 Å². The van der Waals surface area contributed by atoms with Gasteiger partial charge >= 0.3 is 5.97 Å². The van der Waals surface area contributed by atoms with E-state index in [9.17, 15) is 19.2 Å². The van der Waals surface area contributed by atoms with Crippen LogP contribution in [-0.4, -0.2) is 47.8 Å². The Bertz CT molecular complexity index is 867. The van der Waals surface area contributed by atoms with Crippen LogP contribution in [0.15, 0.2) is 36.4 Å². The van der Waals surface area contributed by atoms with Gasteiger partial charge in [0.15, 0.2) is 6.61 Å². The number of hydrogen-bond donors (Lipinski definition) is 0. The number of anilines is 1. The largest absolute Gasteiger partial charge is 0.454 e. The maximum atomic E-state index is 12.6. The molecule has 2 aliphatic heterocycles. The highest BCUT2D eigenvalue weighted by atomic mass is 16.5. The van der Waals surface area contributed by atoms with Gasteiger partial charge in [-0.15, -0.1) is 0 Å². The second-order valence-corrected chi connectivity index (χ2v) is 7.76. The van der Waals surface area contributed by atoms with Crippen LogP contribution in [0.1, 0.15) is 31.7 Å². The molecule has 0 saturated carbocycles. The van der Waals surface area contributed by atoms with Gasteiger partial charge in [-0.1, -0.05) is 30.4 Å². The molecule has 3 amide bonds. The van der Waals surface area contributed by atoms with E-state index in [1.54, 1.807) is 4.90 Å². The van der Waals surface area contributed by atoms with Gasteiger partial charge in [-0.25, -0.2) is 4.79 Å². The molecule has 0 N–H and O–H groups in total. The molecule has 2 heterocycles. The number of likely N-dealkylation sites (tertiary alicyclic amines) is 1. The Balaban J connectivity index is 1.38. The van der Waals surface area contributed by atoms with Crippen LogP contribution in [0.3, 0.4) is 0 Å². The highest BCUT2D eigenvalue weighted by Crippen LogP contribution is 2.36. The lowest BCUT2D eigenvalue weighted by molar-refractivity contribution is -0.159. The van der Waals surface area contributed by atoms with E-state index in [0.717, 1.165) is 29.0 Å². The molecule has 0 aromatic heterocycles. The van der Waals surface area contributed by atoms with Crippen molar-refractivity contribution in [3.05, 3.63) is 42.0 Å². The van der Waals surface area contributed by atoms with Gasteiger partial charge < -0.3 is 9.64 Å². The van der Waals surface area contributed by atoms with E-state index in [-0.39, 0.29) is 17.7 Å². The van der Waals surface area contributed by atoms with Gasteiger partial charge in [0.2, 0.25) is 11.8 Å². The Morgan fingerprint density at radius 2 is 1.76 bits per heavy atom. The van der Waals surface area contributed by atoms with Crippen molar-refractivity contribution in [2.24, 2.45) is 11.8 Å². The molecule has 1 aromatic rings. The second-order valence-electron chi connectivity index (χ2n) is 7.76. The second kappa shape index (κ2) is 7.81. The molecular weight excluding hydrogens is 372 g/mol. The van der Waals surface area contributed by atoms with E-state index in [1.807, 2.05) is 36.4 Å². The van der Waals surface area contributed by atoms with Crippen molar-refractivity contribution in [3.8, 4) is 0 Å². The lowest BCUT2D eigenvalue weighted by atomic mass is 9.85. The minimum atomic E-state index is -1.04. The van der Waals surface area contributed by atoms with Crippen LogP contribution in [0, 0.1) is 11.8 Å². The zero-order valence-electron chi connectivity index (χ0n) is 16.4. The summed E-state index contributed by atoms with van der Waals surface area (Å²) < 4.78 is 5.20. The number of esters is 1. The van der Waals surface area contributed by atoms with Crippen LogP contribution in [0.5, 0.6) is 0 Å². The Morgan fingerprint density at radius 1 is 1.10 bits per heavy atom. The maximum absolute atomic E-state index is 12.6. The monoisotopic (exact) mass is 396 g/mol. The number of hydrogen-bond acceptors (Lipinski definition) is 5. The summed E-state index contributed by atoms with van der Waals surface area (Å²) in [6.45, 7) is 1.63. The summed E-state index contributed by atoms with van der Waals surface area (Å²) in [5.74, 6) is -2.50. The van der Waals surface area contributed by atoms with Gasteiger partial charge in [0.25, 0.3) is 5.91 Å². The number of benzene rings is 1. The van der Waals surface area contributed by atoms with E-state index in [4.69, 9.17) is 4.74 Å². The third-order valence-corrected chi connectivity index (χ3v) is 6.02. The smallest absolute Gasteiger partial charge is 0.329 e. The molecule has 0 bridgehead atoms. The minimum Gasteiger partial charge on any atom is -0.454 e. The van der Waals surface area contributed by atoms with Gasteiger partial charge in [0.05, 0.1) is 11.8 Å². The quantitative estimate of drug-likeness (QED) is 0.441. The number of imide groups is 1. The average molecular weight is 396 g/mol. The third-order valence-electron chi connectivity index (χ3n) is 6.02. The number of ether oxygens (including phenoxy) is 1. The number of para-hydroxylation sites is 1. The molecule has 7 nitrogen and oxygen atoms in total. The number of carbonyl (C=O) groups excluding carboxylic acids is 4. The van der Waals surface area contributed by atoms with Crippen molar-refractivity contribution < 1.29 is 23.9 Å². The molecule has 1 aliphatic carbocycles. The van der Waals surface area contributed by atoms with Gasteiger partial charge in [-0.2, -0.15) is 0 Å². The van der Waals surface area contributed by atoms with E-state index >= 15 is 0 Å². The number of rotatable bonds is 4. The molecule has 0 spiro atoms. The molecule has 29 heavy (non-hydrogen) atoms. The SMILES string of the molecule is C[C@@H](C(=O)OCC(=O)N1CCCc2ccccc21)N1C(=O)[C@H]2CC=CC[C@@H]2C1=O. The summed E-state index contributed by atoms with van der Waals surface area (Å²) in [6, 6.07) is 6.64. The summed E-state index contributed by atoms with van der Waals surface area (Å²) in [5.41, 5.74) is 1.94. The predicted molar refractivity (Wildman–Crippen MR) is 105 cm³/mol. The van der Waals surface area contributed by atoms with Crippen molar-refractivity contribution >= 4 is 29.4 Å². The van der Waals surface area contributed by atoms with Crippen molar-refractivity contribution in [2.75, 3.05) is 18.1 Å². The van der Waals surface area contributed by atoms with Crippen LogP contribution in [0.2, 0.25) is 0 Å². The fourth-order valence-electron chi connectivity index (χ4n) is 4.44. The molecule has 0 radical (unpaired) electrons. The van der Waals surface area contributed by atoms with Crippen molar-refractivity contribution in [1.29, 1.82) is 0 Å². The maximum Gasteiger partial charge on any atom is 0.329 e. The van der Waals surface area contributed by atoms with Crippen LogP contribution in [-0.2, 0) is 30.3 Å². The van der Waals surface area contributed by atoms with Gasteiger partial charge in [-0.05, 0) is 44.2 Å². The predicted octanol–water partition coefficient (Wildman–Crippen LogP) is 1.85. The highest BCUT2D eigenvalue weighted by molar-refractivity contribution is 6.08. The van der Waals surface area contributed by atoms with Gasteiger partial charge in [0, 0.05) is 12.2 Å². The summed E-state index contributed by atoms with van der Waals surface area (Å²) in [5, 5.41) is 0. The summed E-state index contributed by atoms with van der Waals surface area (Å²) >= 11 is 0. The van der Waals surface area contributed by atoms with E-state index in [2.05, 4.69) is 0 Å². The number of nitrogens with zero attached hydrogens (tertiary/aromatic N) is 2. The summed E-state index contributed by atoms with van der Waals surface area (Å²) in [6.07, 6.45) is 6.58. The minimum absolute atomic E-state index is 0.311. The fourth-order valence-corrected chi connectivity index (χ4v) is 4.44.